The SMILES string of the molecule is N#CCc1ccc(-c2c(Cl)ccc(Cl)c2Cl)cc1Cl. The standard InChI is InChI=1S/C14H7Cl4N/c15-10-3-4-11(16)14(18)13(10)9-2-1-8(5-6-19)12(17)7-9/h1-4,7H,5H2. The molecular formula is C14H7Cl4N. The molecule has 2 aromatic carbocycles. The molecule has 2 aromatic rings. The van der Waals surface area contributed by atoms with Gasteiger partial charge in [-0.05, 0) is 29.3 Å². The predicted molar refractivity (Wildman–Crippen MR) is 81.2 cm³/mol. The Balaban J connectivity index is 2.58. The fraction of sp³-hybridized carbons (Fsp3) is 0.0714. The maximum Gasteiger partial charge on any atom is 0.0685 e. The Bertz CT molecular complexity index is 674. The molecule has 0 aliphatic heterocycles. The van der Waals surface area contributed by atoms with Gasteiger partial charge in [0.15, 0.2) is 0 Å². The third kappa shape index (κ3) is 2.99. The molecule has 0 spiro atoms. The lowest BCUT2D eigenvalue weighted by molar-refractivity contribution is 1.26. The lowest BCUT2D eigenvalue weighted by Gasteiger charge is -2.10. The van der Waals surface area contributed by atoms with Gasteiger partial charge in [0.2, 0.25) is 0 Å². The number of hydrogen-bond donors (Lipinski definition) is 0. The van der Waals surface area contributed by atoms with E-state index in [2.05, 4.69) is 6.07 Å². The number of rotatable bonds is 2. The highest BCUT2D eigenvalue weighted by molar-refractivity contribution is 6.46. The van der Waals surface area contributed by atoms with Gasteiger partial charge in [-0.15, -0.1) is 0 Å². The Morgan fingerprint density at radius 2 is 1.58 bits per heavy atom. The maximum atomic E-state index is 8.69. The first-order valence-corrected chi connectivity index (χ1v) is 6.85. The lowest BCUT2D eigenvalue weighted by atomic mass is 10.0. The van der Waals surface area contributed by atoms with E-state index in [4.69, 9.17) is 51.7 Å². The third-order valence-corrected chi connectivity index (χ3v) is 4.13. The molecule has 0 saturated heterocycles. The van der Waals surface area contributed by atoms with Gasteiger partial charge in [0, 0.05) is 15.6 Å². The third-order valence-electron chi connectivity index (χ3n) is 2.66. The molecule has 0 heterocycles. The quantitative estimate of drug-likeness (QED) is 0.616. The zero-order valence-electron chi connectivity index (χ0n) is 9.55. The highest BCUT2D eigenvalue weighted by atomic mass is 35.5. The van der Waals surface area contributed by atoms with E-state index in [1.807, 2.05) is 6.07 Å². The molecule has 1 nitrogen and oxygen atoms in total. The van der Waals surface area contributed by atoms with Crippen LogP contribution in [0.4, 0.5) is 0 Å². The van der Waals surface area contributed by atoms with Crippen LogP contribution in [0.2, 0.25) is 20.1 Å². The summed E-state index contributed by atoms with van der Waals surface area (Å²) in [5, 5.41) is 10.5. The van der Waals surface area contributed by atoms with Gasteiger partial charge in [0.1, 0.15) is 0 Å². The lowest BCUT2D eigenvalue weighted by Crippen LogP contribution is -1.87. The van der Waals surface area contributed by atoms with Crippen molar-refractivity contribution in [1.82, 2.24) is 0 Å². The molecule has 0 radical (unpaired) electrons. The number of hydrogen-bond acceptors (Lipinski definition) is 1. The summed E-state index contributed by atoms with van der Waals surface area (Å²) in [6.07, 6.45) is 0.260. The molecule has 0 aliphatic carbocycles. The largest absolute Gasteiger partial charge is 0.198 e. The van der Waals surface area contributed by atoms with Crippen LogP contribution in [0.25, 0.3) is 11.1 Å². The minimum absolute atomic E-state index is 0.260. The smallest absolute Gasteiger partial charge is 0.0685 e. The Hall–Kier alpha value is -0.910. The van der Waals surface area contributed by atoms with Crippen LogP contribution >= 0.6 is 46.4 Å². The zero-order chi connectivity index (χ0) is 14.0. The van der Waals surface area contributed by atoms with Gasteiger partial charge in [-0.25, -0.2) is 0 Å². The van der Waals surface area contributed by atoms with E-state index in [0.717, 1.165) is 11.1 Å². The first-order valence-electron chi connectivity index (χ1n) is 5.34. The van der Waals surface area contributed by atoms with Crippen molar-refractivity contribution < 1.29 is 0 Å². The fourth-order valence-corrected chi connectivity index (χ4v) is 2.72. The summed E-state index contributed by atoms with van der Waals surface area (Å²) in [4.78, 5) is 0. The van der Waals surface area contributed by atoms with Crippen molar-refractivity contribution in [3.63, 3.8) is 0 Å². The minimum Gasteiger partial charge on any atom is -0.198 e. The summed E-state index contributed by atoms with van der Waals surface area (Å²) in [6, 6.07) is 10.7. The summed E-state index contributed by atoms with van der Waals surface area (Å²) >= 11 is 24.4. The molecule has 0 aliphatic rings. The predicted octanol–water partition coefficient (Wildman–Crippen LogP) is 6.03. The van der Waals surface area contributed by atoms with Crippen LogP contribution in [-0.4, -0.2) is 0 Å². The number of halogens is 4. The molecule has 0 saturated carbocycles. The van der Waals surface area contributed by atoms with Crippen molar-refractivity contribution >= 4 is 46.4 Å². The number of benzene rings is 2. The van der Waals surface area contributed by atoms with Gasteiger partial charge >= 0.3 is 0 Å². The molecule has 96 valence electrons. The molecule has 0 amide bonds. The van der Waals surface area contributed by atoms with Crippen LogP contribution in [0.1, 0.15) is 5.56 Å². The topological polar surface area (TPSA) is 23.8 Å². The molecule has 0 aromatic heterocycles. The highest BCUT2D eigenvalue weighted by Crippen LogP contribution is 2.40. The summed E-state index contributed by atoms with van der Waals surface area (Å²) < 4.78 is 0. The zero-order valence-corrected chi connectivity index (χ0v) is 12.6. The van der Waals surface area contributed by atoms with Crippen LogP contribution in [0.3, 0.4) is 0 Å². The summed E-state index contributed by atoms with van der Waals surface area (Å²) in [7, 11) is 0. The normalized spacial score (nSPS) is 10.3. The maximum absolute atomic E-state index is 8.69. The van der Waals surface area contributed by atoms with Crippen molar-refractivity contribution in [3.8, 4) is 17.2 Å². The van der Waals surface area contributed by atoms with E-state index in [9.17, 15) is 0 Å². The molecule has 0 fully saturated rings. The van der Waals surface area contributed by atoms with Gasteiger partial charge in [0.25, 0.3) is 0 Å². The number of nitriles is 1. The first kappa shape index (κ1) is 14.5. The number of nitrogens with zero attached hydrogens (tertiary/aromatic N) is 1. The molecule has 0 N–H and O–H groups in total. The van der Waals surface area contributed by atoms with Gasteiger partial charge in [-0.1, -0.05) is 58.5 Å². The van der Waals surface area contributed by atoms with Crippen LogP contribution in [0.5, 0.6) is 0 Å². The van der Waals surface area contributed by atoms with Gasteiger partial charge < -0.3 is 0 Å². The molecule has 0 unspecified atom stereocenters. The highest BCUT2D eigenvalue weighted by Gasteiger charge is 2.13. The Morgan fingerprint density at radius 3 is 2.21 bits per heavy atom. The van der Waals surface area contributed by atoms with Gasteiger partial charge in [-0.3, -0.25) is 0 Å². The molecule has 19 heavy (non-hydrogen) atoms. The van der Waals surface area contributed by atoms with E-state index in [0.29, 0.717) is 25.7 Å². The second-order valence-electron chi connectivity index (χ2n) is 3.86. The Labute approximate surface area is 131 Å². The van der Waals surface area contributed by atoms with Gasteiger partial charge in [-0.2, -0.15) is 5.26 Å². The van der Waals surface area contributed by atoms with Crippen LogP contribution in [0, 0.1) is 11.3 Å². The molecular weight excluding hydrogens is 324 g/mol. The van der Waals surface area contributed by atoms with E-state index in [1.165, 1.54) is 0 Å². The van der Waals surface area contributed by atoms with Crippen LogP contribution < -0.4 is 0 Å². The second kappa shape index (κ2) is 6.03. The van der Waals surface area contributed by atoms with E-state index < -0.39 is 0 Å². The minimum atomic E-state index is 0.260. The van der Waals surface area contributed by atoms with Crippen molar-refractivity contribution in [3.05, 3.63) is 56.0 Å². The average Bonchev–Trinajstić information content (AvgIpc) is 2.38. The summed E-state index contributed by atoms with van der Waals surface area (Å²) in [5.41, 5.74) is 2.17. The van der Waals surface area contributed by atoms with Crippen LogP contribution in [-0.2, 0) is 6.42 Å². The Kier molecular flexibility index (Phi) is 4.60. The molecule has 2 rings (SSSR count). The van der Waals surface area contributed by atoms with Crippen molar-refractivity contribution in [2.45, 2.75) is 6.42 Å². The van der Waals surface area contributed by atoms with E-state index >= 15 is 0 Å². The molecule has 5 heteroatoms. The summed E-state index contributed by atoms with van der Waals surface area (Å²) in [6.45, 7) is 0. The summed E-state index contributed by atoms with van der Waals surface area (Å²) in [5.74, 6) is 0. The van der Waals surface area contributed by atoms with E-state index in [-0.39, 0.29) is 6.42 Å². The first-order chi connectivity index (χ1) is 9.04. The van der Waals surface area contributed by atoms with Crippen LogP contribution in [0.15, 0.2) is 30.3 Å². The second-order valence-corrected chi connectivity index (χ2v) is 5.46. The molecule has 0 bridgehead atoms. The monoisotopic (exact) mass is 329 g/mol. The van der Waals surface area contributed by atoms with E-state index in [1.54, 1.807) is 24.3 Å². The van der Waals surface area contributed by atoms with Gasteiger partial charge in [0.05, 0.1) is 22.5 Å². The Morgan fingerprint density at radius 1 is 0.895 bits per heavy atom. The molecule has 0 atom stereocenters. The van der Waals surface area contributed by atoms with Crippen molar-refractivity contribution in [2.24, 2.45) is 0 Å². The fourth-order valence-electron chi connectivity index (χ4n) is 1.72. The average molecular weight is 331 g/mol. The van der Waals surface area contributed by atoms with Crippen molar-refractivity contribution in [2.75, 3.05) is 0 Å². The van der Waals surface area contributed by atoms with Crippen molar-refractivity contribution in [1.29, 1.82) is 5.26 Å².